The number of rotatable bonds is 11. The predicted molar refractivity (Wildman–Crippen MR) is 126 cm³/mol. The smallest absolute Gasteiger partial charge is 0.259 e. The molecule has 1 N–H and O–H groups in total. The molecule has 0 radical (unpaired) electrons. The first-order chi connectivity index (χ1) is 15.8. The molecule has 1 saturated carbocycles. The highest BCUT2D eigenvalue weighted by Gasteiger charge is 2.31. The summed E-state index contributed by atoms with van der Waals surface area (Å²) in [7, 11) is 7.51. The van der Waals surface area contributed by atoms with Crippen LogP contribution in [0, 0.1) is 5.92 Å². The third-order valence-electron chi connectivity index (χ3n) is 5.20. The van der Waals surface area contributed by atoms with Crippen LogP contribution in [-0.2, 0) is 19.1 Å². The maximum atomic E-state index is 13.5. The highest BCUT2D eigenvalue weighted by atomic mass is 16.5. The van der Waals surface area contributed by atoms with Gasteiger partial charge in [-0.25, -0.2) is 0 Å². The van der Waals surface area contributed by atoms with Crippen molar-refractivity contribution < 1.29 is 33.3 Å². The molecule has 0 saturated heterocycles. The maximum absolute atomic E-state index is 13.5. The fourth-order valence-electron chi connectivity index (χ4n) is 3.50. The zero-order valence-corrected chi connectivity index (χ0v) is 20.6. The molecule has 8 nitrogen and oxygen atoms in total. The molecule has 0 unspecified atom stereocenters. The van der Waals surface area contributed by atoms with Crippen LogP contribution in [0.2, 0.25) is 0 Å². The summed E-state index contributed by atoms with van der Waals surface area (Å²) in [5, 5.41) is 2.75. The van der Waals surface area contributed by atoms with Gasteiger partial charge in [-0.3, -0.25) is 9.59 Å². The van der Waals surface area contributed by atoms with Crippen molar-refractivity contribution in [2.75, 3.05) is 40.9 Å². The molecule has 33 heavy (non-hydrogen) atoms. The van der Waals surface area contributed by atoms with Crippen LogP contribution in [0.5, 0.6) is 17.2 Å². The van der Waals surface area contributed by atoms with E-state index in [0.717, 1.165) is 18.4 Å². The van der Waals surface area contributed by atoms with Crippen molar-refractivity contribution >= 4 is 17.4 Å². The average molecular weight is 460 g/mol. The van der Waals surface area contributed by atoms with Gasteiger partial charge in [-0.05, 0) is 31.3 Å². The van der Waals surface area contributed by atoms with Gasteiger partial charge < -0.3 is 29.0 Å². The summed E-state index contributed by atoms with van der Waals surface area (Å²) in [4.78, 5) is 26.7. The molecule has 1 amide bonds. The van der Waals surface area contributed by atoms with Gasteiger partial charge in [-0.15, -0.1) is 0 Å². The molecule has 0 atom stereocenters. The van der Waals surface area contributed by atoms with Crippen LogP contribution in [0.3, 0.4) is 0 Å². The second-order valence-corrected chi connectivity index (χ2v) is 7.64. The molecule has 1 aromatic rings. The number of hydrogen-bond donors (Lipinski definition) is 1. The Bertz CT molecular complexity index is 971. The Morgan fingerprint density at radius 1 is 0.939 bits per heavy atom. The fraction of sp³-hybridized carbons (Fsp3) is 0.440. The van der Waals surface area contributed by atoms with Gasteiger partial charge in [0, 0.05) is 23.4 Å². The lowest BCUT2D eigenvalue weighted by Crippen LogP contribution is -2.25. The summed E-state index contributed by atoms with van der Waals surface area (Å²) >= 11 is 0. The van der Waals surface area contributed by atoms with Crippen molar-refractivity contribution in [1.29, 1.82) is 0 Å². The second kappa shape index (κ2) is 11.4. The molecule has 0 heterocycles. The van der Waals surface area contributed by atoms with Crippen LogP contribution < -0.4 is 19.5 Å². The molecule has 8 heteroatoms. The van der Waals surface area contributed by atoms with Crippen molar-refractivity contribution in [2.45, 2.75) is 33.6 Å². The van der Waals surface area contributed by atoms with Gasteiger partial charge >= 0.3 is 0 Å². The van der Waals surface area contributed by atoms with Crippen LogP contribution >= 0.6 is 0 Å². The first-order valence-corrected chi connectivity index (χ1v) is 10.6. The number of benzene rings is 1. The minimum Gasteiger partial charge on any atom is -0.493 e. The highest BCUT2D eigenvalue weighted by Crippen LogP contribution is 2.40. The Labute approximate surface area is 195 Å². The number of allylic oxidation sites excluding steroid dienone is 3. The van der Waals surface area contributed by atoms with E-state index in [9.17, 15) is 9.59 Å². The summed E-state index contributed by atoms with van der Waals surface area (Å²) in [6, 6.07) is 3.19. The number of carbonyl (C=O) groups excluding carboxylic acids is 2. The first kappa shape index (κ1) is 25.8. The molecule has 0 bridgehead atoms. The zero-order valence-electron chi connectivity index (χ0n) is 20.6. The van der Waals surface area contributed by atoms with Crippen molar-refractivity contribution in [2.24, 2.45) is 5.92 Å². The third-order valence-corrected chi connectivity index (χ3v) is 5.20. The van der Waals surface area contributed by atoms with Crippen LogP contribution in [0.4, 0.5) is 5.69 Å². The van der Waals surface area contributed by atoms with Crippen molar-refractivity contribution in [3.63, 3.8) is 0 Å². The number of amides is 1. The van der Waals surface area contributed by atoms with E-state index in [1.54, 1.807) is 26.2 Å². The van der Waals surface area contributed by atoms with Crippen molar-refractivity contribution in [3.05, 3.63) is 46.4 Å². The number of hydrogen-bond acceptors (Lipinski definition) is 7. The van der Waals surface area contributed by atoms with E-state index >= 15 is 0 Å². The number of anilines is 1. The molecular formula is C25H33NO7. The predicted octanol–water partition coefficient (Wildman–Crippen LogP) is 4.42. The van der Waals surface area contributed by atoms with Gasteiger partial charge in [-0.1, -0.05) is 19.9 Å². The summed E-state index contributed by atoms with van der Waals surface area (Å²) < 4.78 is 27.1. The van der Waals surface area contributed by atoms with E-state index in [4.69, 9.17) is 23.7 Å². The SMILES string of the molecule is C/C=C(/C(=O)Nc1cc(OC)c(OC)c(OC)c1)C(=O)/C(=C(\OC)C(OC)=C1CC1)C(C)C. The minimum atomic E-state index is -0.566. The zero-order chi connectivity index (χ0) is 24.7. The molecule has 1 aliphatic rings. The van der Waals surface area contributed by atoms with Gasteiger partial charge in [0.1, 0.15) is 0 Å². The molecule has 1 aromatic carbocycles. The van der Waals surface area contributed by atoms with Crippen molar-refractivity contribution in [3.8, 4) is 17.2 Å². The third kappa shape index (κ3) is 5.69. The van der Waals surface area contributed by atoms with Crippen LogP contribution in [0.1, 0.15) is 33.6 Å². The molecule has 1 aliphatic carbocycles. The number of carbonyl (C=O) groups is 2. The van der Waals surface area contributed by atoms with E-state index in [1.165, 1.54) is 34.5 Å². The van der Waals surface area contributed by atoms with Crippen LogP contribution in [0.25, 0.3) is 0 Å². The average Bonchev–Trinajstić information content (AvgIpc) is 3.63. The Morgan fingerprint density at radius 3 is 1.88 bits per heavy atom. The van der Waals surface area contributed by atoms with Gasteiger partial charge in [0.25, 0.3) is 5.91 Å². The van der Waals surface area contributed by atoms with E-state index in [2.05, 4.69) is 5.32 Å². The number of methoxy groups -OCH3 is 5. The topological polar surface area (TPSA) is 92.3 Å². The monoisotopic (exact) mass is 459 g/mol. The van der Waals surface area contributed by atoms with Crippen molar-refractivity contribution in [1.82, 2.24) is 0 Å². The van der Waals surface area contributed by atoms with Gasteiger partial charge in [-0.2, -0.15) is 0 Å². The van der Waals surface area contributed by atoms with E-state index in [0.29, 0.717) is 40.0 Å². The number of nitrogens with one attached hydrogen (secondary N) is 1. The van der Waals surface area contributed by atoms with E-state index < -0.39 is 11.7 Å². The number of Topliss-reactive ketones (excluding diaryl/α,β-unsaturated/α-hetero) is 1. The molecule has 0 spiro atoms. The standard InChI is InChI=1S/C25H33NO7/c1-9-17(21(27)20(14(2)3)24(33-8)22(31-6)15-10-11-15)25(28)26-16-12-18(29-4)23(32-7)19(13-16)30-5/h9,12-14H,10-11H2,1-8H3,(H,26,28)/b17-9+,24-20-. The normalized spacial score (nSPS) is 13.7. The lowest BCUT2D eigenvalue weighted by atomic mass is 9.91. The second-order valence-electron chi connectivity index (χ2n) is 7.64. The Morgan fingerprint density at radius 2 is 1.52 bits per heavy atom. The summed E-state index contributed by atoms with van der Waals surface area (Å²) in [5.74, 6) is 0.890. The maximum Gasteiger partial charge on any atom is 0.259 e. The molecular weight excluding hydrogens is 426 g/mol. The molecule has 180 valence electrons. The Kier molecular flexibility index (Phi) is 8.96. The van der Waals surface area contributed by atoms with Crippen LogP contribution in [-0.4, -0.2) is 47.2 Å². The first-order valence-electron chi connectivity index (χ1n) is 10.6. The molecule has 0 aromatic heterocycles. The lowest BCUT2D eigenvalue weighted by Gasteiger charge is -2.19. The van der Waals surface area contributed by atoms with Gasteiger partial charge in [0.2, 0.25) is 5.75 Å². The largest absolute Gasteiger partial charge is 0.493 e. The summed E-state index contributed by atoms with van der Waals surface area (Å²) in [6.45, 7) is 5.39. The summed E-state index contributed by atoms with van der Waals surface area (Å²) in [6.07, 6.45) is 3.28. The van der Waals surface area contributed by atoms with Crippen LogP contribution in [0.15, 0.2) is 46.4 Å². The quantitative estimate of drug-likeness (QED) is 0.227. The van der Waals surface area contributed by atoms with E-state index in [-0.39, 0.29) is 11.5 Å². The van der Waals surface area contributed by atoms with E-state index in [1.807, 2.05) is 13.8 Å². The fourth-order valence-corrected chi connectivity index (χ4v) is 3.50. The minimum absolute atomic E-state index is 0.0155. The van der Waals surface area contributed by atoms with Gasteiger partial charge in [0.05, 0.1) is 41.1 Å². The number of ketones is 1. The molecule has 1 fully saturated rings. The number of ether oxygens (including phenoxy) is 5. The Balaban J connectivity index is 2.45. The van der Waals surface area contributed by atoms with Gasteiger partial charge in [0.15, 0.2) is 28.8 Å². The summed E-state index contributed by atoms with van der Waals surface area (Å²) in [5.41, 5.74) is 1.84. The molecule has 2 rings (SSSR count). The highest BCUT2D eigenvalue weighted by molar-refractivity contribution is 6.28. The lowest BCUT2D eigenvalue weighted by molar-refractivity contribution is -0.118. The molecule has 0 aliphatic heterocycles. The Hall–Kier alpha value is -3.42.